The summed E-state index contributed by atoms with van der Waals surface area (Å²) in [7, 11) is 0. The first kappa shape index (κ1) is 21.1. The van der Waals surface area contributed by atoms with Crippen molar-refractivity contribution in [3.8, 4) is 32.8 Å². The van der Waals surface area contributed by atoms with Crippen LogP contribution in [0.5, 0.6) is 5.75 Å². The topological polar surface area (TPSA) is 83.2 Å². The molecule has 0 aliphatic heterocycles. The number of benzene rings is 2. The maximum Gasteiger partial charge on any atom is 0.303 e. The van der Waals surface area contributed by atoms with Gasteiger partial charge in [0.1, 0.15) is 16.9 Å². The molecule has 0 spiro atoms. The Morgan fingerprint density at radius 1 is 1.32 bits per heavy atom. The Morgan fingerprint density at radius 3 is 2.81 bits per heavy atom. The fraction of sp³-hybridized carbons (Fsp3) is 0.320. The highest BCUT2D eigenvalue weighted by Crippen LogP contribution is 2.42. The summed E-state index contributed by atoms with van der Waals surface area (Å²) >= 11 is 1.65. The van der Waals surface area contributed by atoms with Gasteiger partial charge in [0.25, 0.3) is 0 Å². The highest BCUT2D eigenvalue weighted by molar-refractivity contribution is 7.18. The third-order valence-corrected chi connectivity index (χ3v) is 6.91. The lowest BCUT2D eigenvalue weighted by Crippen LogP contribution is -2.10. The van der Waals surface area contributed by atoms with Crippen molar-refractivity contribution < 1.29 is 14.6 Å². The molecule has 158 valence electrons. The number of ether oxygens (including phenoxy) is 1. The minimum absolute atomic E-state index is 0.115. The molecule has 2 aromatic carbocycles. The van der Waals surface area contributed by atoms with E-state index < -0.39 is 5.97 Å². The SMILES string of the molecule is Cc1c(-c2ncc(-c3ccc(OC(C)CC#N)cc3)s2)ccc2c1CC[C@@H]2CC(=O)O. The summed E-state index contributed by atoms with van der Waals surface area (Å²) in [4.78, 5) is 16.9. The molecule has 5 nitrogen and oxygen atoms in total. The molecule has 1 aromatic heterocycles. The van der Waals surface area contributed by atoms with Gasteiger partial charge in [-0.25, -0.2) is 4.98 Å². The summed E-state index contributed by atoms with van der Waals surface area (Å²) in [5.41, 5.74) is 5.87. The highest BCUT2D eigenvalue weighted by atomic mass is 32.1. The van der Waals surface area contributed by atoms with Crippen LogP contribution in [0, 0.1) is 18.3 Å². The third kappa shape index (κ3) is 4.47. The maximum absolute atomic E-state index is 11.1. The van der Waals surface area contributed by atoms with Crippen LogP contribution in [0.15, 0.2) is 42.6 Å². The van der Waals surface area contributed by atoms with Gasteiger partial charge in [-0.1, -0.05) is 12.1 Å². The number of carbonyl (C=O) groups is 1. The van der Waals surface area contributed by atoms with Crippen molar-refractivity contribution in [3.63, 3.8) is 0 Å². The van der Waals surface area contributed by atoms with E-state index in [1.165, 1.54) is 16.7 Å². The van der Waals surface area contributed by atoms with Gasteiger partial charge >= 0.3 is 5.97 Å². The summed E-state index contributed by atoms with van der Waals surface area (Å²) in [5.74, 6) is 0.130. The number of thiazole rings is 1. The average Bonchev–Trinajstić information content (AvgIpc) is 3.37. The number of nitriles is 1. The van der Waals surface area contributed by atoms with Gasteiger partial charge in [0.05, 0.1) is 23.8 Å². The minimum atomic E-state index is -0.736. The maximum atomic E-state index is 11.1. The van der Waals surface area contributed by atoms with Crippen molar-refractivity contribution in [1.29, 1.82) is 5.26 Å². The number of rotatable bonds is 7. The van der Waals surface area contributed by atoms with E-state index in [4.69, 9.17) is 15.1 Å². The summed E-state index contributed by atoms with van der Waals surface area (Å²) in [6, 6.07) is 14.2. The zero-order chi connectivity index (χ0) is 22.0. The zero-order valence-corrected chi connectivity index (χ0v) is 18.4. The molecule has 1 heterocycles. The highest BCUT2D eigenvalue weighted by Gasteiger charge is 2.27. The molecular formula is C25H24N2O3S. The van der Waals surface area contributed by atoms with Gasteiger partial charge in [-0.05, 0) is 79.1 Å². The number of aromatic nitrogens is 1. The Kier molecular flexibility index (Phi) is 6.06. The number of hydrogen-bond acceptors (Lipinski definition) is 5. The number of carboxylic acid groups (broad SMARTS) is 1. The van der Waals surface area contributed by atoms with Crippen molar-refractivity contribution in [2.75, 3.05) is 0 Å². The number of fused-ring (bicyclic) bond motifs is 1. The fourth-order valence-corrected chi connectivity index (χ4v) is 5.26. The molecule has 1 aliphatic rings. The predicted molar refractivity (Wildman–Crippen MR) is 121 cm³/mol. The van der Waals surface area contributed by atoms with Gasteiger partial charge in [-0.15, -0.1) is 11.3 Å². The molecule has 0 bridgehead atoms. The molecule has 1 aliphatic carbocycles. The molecule has 0 saturated heterocycles. The number of aliphatic carboxylic acids is 1. The summed E-state index contributed by atoms with van der Waals surface area (Å²) in [6.45, 7) is 4.00. The van der Waals surface area contributed by atoms with Gasteiger partial charge in [0, 0.05) is 11.8 Å². The van der Waals surface area contributed by atoms with E-state index >= 15 is 0 Å². The number of hydrogen-bond donors (Lipinski definition) is 1. The van der Waals surface area contributed by atoms with Crippen LogP contribution in [0.1, 0.15) is 48.8 Å². The van der Waals surface area contributed by atoms with Crippen molar-refractivity contribution in [2.45, 2.75) is 51.6 Å². The van der Waals surface area contributed by atoms with Crippen LogP contribution in [0.3, 0.4) is 0 Å². The van der Waals surface area contributed by atoms with Crippen LogP contribution >= 0.6 is 11.3 Å². The number of nitrogens with zero attached hydrogens (tertiary/aromatic N) is 2. The van der Waals surface area contributed by atoms with E-state index in [1.54, 1.807) is 11.3 Å². The molecule has 2 atom stereocenters. The van der Waals surface area contributed by atoms with E-state index in [1.807, 2.05) is 37.4 Å². The van der Waals surface area contributed by atoms with Gasteiger partial charge in [0.2, 0.25) is 0 Å². The Morgan fingerprint density at radius 2 is 2.10 bits per heavy atom. The van der Waals surface area contributed by atoms with Gasteiger partial charge in [0.15, 0.2) is 0 Å². The van der Waals surface area contributed by atoms with Crippen LogP contribution in [-0.2, 0) is 11.2 Å². The Hall–Kier alpha value is -3.17. The van der Waals surface area contributed by atoms with Crippen LogP contribution in [-0.4, -0.2) is 22.2 Å². The molecule has 1 N–H and O–H groups in total. The first-order valence-electron chi connectivity index (χ1n) is 10.4. The van der Waals surface area contributed by atoms with E-state index in [0.717, 1.165) is 39.6 Å². The monoisotopic (exact) mass is 432 g/mol. The van der Waals surface area contributed by atoms with Crippen LogP contribution in [0.2, 0.25) is 0 Å². The molecule has 6 heteroatoms. The first-order chi connectivity index (χ1) is 15.0. The quantitative estimate of drug-likeness (QED) is 0.497. The van der Waals surface area contributed by atoms with Gasteiger partial charge < -0.3 is 9.84 Å². The van der Waals surface area contributed by atoms with Crippen LogP contribution in [0.25, 0.3) is 21.0 Å². The first-order valence-corrected chi connectivity index (χ1v) is 11.2. The van der Waals surface area contributed by atoms with Gasteiger partial charge in [-0.3, -0.25) is 4.79 Å². The Balaban J connectivity index is 1.54. The van der Waals surface area contributed by atoms with Crippen molar-refractivity contribution in [1.82, 2.24) is 4.98 Å². The second-order valence-electron chi connectivity index (χ2n) is 7.98. The van der Waals surface area contributed by atoms with E-state index in [9.17, 15) is 4.79 Å². The predicted octanol–water partition coefficient (Wildman–Crippen LogP) is 5.97. The normalized spacial score (nSPS) is 15.8. The molecule has 0 saturated carbocycles. The molecule has 1 unspecified atom stereocenters. The van der Waals surface area contributed by atoms with Crippen LogP contribution in [0.4, 0.5) is 0 Å². The van der Waals surface area contributed by atoms with E-state index in [2.05, 4.69) is 30.1 Å². The number of carboxylic acids is 1. The standard InChI is InChI=1S/C25H24N2O3S/c1-15(11-12-26)30-19-6-3-17(4-7-19)23-14-27-25(31-23)21-9-10-22-18(13-24(28)29)5-8-20(22)16(21)2/h3-4,6-7,9-10,14-15,18H,5,8,11,13H2,1-2H3,(H,28,29)/t15?,18-/m1/s1. The largest absolute Gasteiger partial charge is 0.490 e. The average molecular weight is 433 g/mol. The fourth-order valence-electron chi connectivity index (χ4n) is 4.25. The molecule has 3 aromatic rings. The molecule has 0 fully saturated rings. The van der Waals surface area contributed by atoms with Gasteiger partial charge in [-0.2, -0.15) is 5.26 Å². The summed E-state index contributed by atoms with van der Waals surface area (Å²) < 4.78 is 5.74. The molecular weight excluding hydrogens is 408 g/mol. The molecule has 0 amide bonds. The Bertz CT molecular complexity index is 1140. The second kappa shape index (κ2) is 8.91. The van der Waals surface area contributed by atoms with Crippen LogP contribution < -0.4 is 4.74 Å². The zero-order valence-electron chi connectivity index (χ0n) is 17.6. The lowest BCUT2D eigenvalue weighted by Gasteiger charge is -2.12. The molecule has 0 radical (unpaired) electrons. The summed E-state index contributed by atoms with van der Waals surface area (Å²) in [5, 5.41) is 18.9. The van der Waals surface area contributed by atoms with Crippen molar-refractivity contribution in [3.05, 3.63) is 59.3 Å². The molecule has 31 heavy (non-hydrogen) atoms. The minimum Gasteiger partial charge on any atom is -0.490 e. The van der Waals surface area contributed by atoms with Crippen molar-refractivity contribution >= 4 is 17.3 Å². The smallest absolute Gasteiger partial charge is 0.303 e. The lowest BCUT2D eigenvalue weighted by molar-refractivity contribution is -0.137. The molecule has 4 rings (SSSR count). The summed E-state index contributed by atoms with van der Waals surface area (Å²) in [6.07, 6.45) is 4.14. The second-order valence-corrected chi connectivity index (χ2v) is 9.01. The van der Waals surface area contributed by atoms with E-state index in [0.29, 0.717) is 6.42 Å². The lowest BCUT2D eigenvalue weighted by atomic mass is 9.94. The van der Waals surface area contributed by atoms with E-state index in [-0.39, 0.29) is 18.4 Å². The third-order valence-electron chi connectivity index (χ3n) is 5.83. The Labute approximate surface area is 186 Å². The van der Waals surface area contributed by atoms with Crippen molar-refractivity contribution in [2.24, 2.45) is 0 Å².